The van der Waals surface area contributed by atoms with Crippen LogP contribution in [0.15, 0.2) is 36.5 Å². The number of aryl methyl sites for hydroxylation is 1. The van der Waals surface area contributed by atoms with Crippen LogP contribution in [0.3, 0.4) is 0 Å². The fourth-order valence-electron chi connectivity index (χ4n) is 1.79. The van der Waals surface area contributed by atoms with Crippen molar-refractivity contribution in [2.45, 2.75) is 13.8 Å². The second-order valence-electron chi connectivity index (χ2n) is 4.49. The summed E-state index contributed by atoms with van der Waals surface area (Å²) in [6.07, 6.45) is 1.50. The normalized spacial score (nSPS) is 10.1. The molecule has 2 rings (SSSR count). The number of nitrogens with zero attached hydrogens (tertiary/aromatic N) is 1. The van der Waals surface area contributed by atoms with E-state index in [0.29, 0.717) is 28.2 Å². The third-order valence-corrected chi connectivity index (χ3v) is 2.88. The van der Waals surface area contributed by atoms with E-state index in [1.54, 1.807) is 37.3 Å². The predicted molar refractivity (Wildman–Crippen MR) is 77.8 cm³/mol. The summed E-state index contributed by atoms with van der Waals surface area (Å²) in [5.74, 6) is -0.356. The molecule has 0 fully saturated rings. The van der Waals surface area contributed by atoms with Crippen LogP contribution in [-0.4, -0.2) is 16.7 Å². The molecule has 0 unspecified atom stereocenters. The molecule has 0 saturated heterocycles. The Balaban J connectivity index is 2.25. The molecule has 5 nitrogen and oxygen atoms in total. The molecule has 3 N–H and O–H groups in total. The molecule has 0 aliphatic rings. The number of carbonyl (C=O) groups excluding carboxylic acids is 2. The van der Waals surface area contributed by atoms with Crippen LogP contribution in [0.25, 0.3) is 0 Å². The Morgan fingerprint density at radius 3 is 2.70 bits per heavy atom. The first kappa shape index (κ1) is 13.7. The zero-order valence-corrected chi connectivity index (χ0v) is 11.3. The number of hydrogen-bond acceptors (Lipinski definition) is 4. The van der Waals surface area contributed by atoms with Gasteiger partial charge in [0.25, 0.3) is 5.91 Å². The first-order valence-electron chi connectivity index (χ1n) is 6.12. The van der Waals surface area contributed by atoms with E-state index < -0.39 is 0 Å². The minimum absolute atomic E-state index is 0.0529. The monoisotopic (exact) mass is 269 g/mol. The van der Waals surface area contributed by atoms with Gasteiger partial charge in [-0.05, 0) is 32.0 Å². The van der Waals surface area contributed by atoms with E-state index in [9.17, 15) is 9.59 Å². The average molecular weight is 269 g/mol. The van der Waals surface area contributed by atoms with Crippen molar-refractivity contribution >= 4 is 23.1 Å². The van der Waals surface area contributed by atoms with Gasteiger partial charge in [0.05, 0.1) is 23.1 Å². The topological polar surface area (TPSA) is 85.1 Å². The third kappa shape index (κ3) is 3.00. The zero-order valence-electron chi connectivity index (χ0n) is 11.3. The highest BCUT2D eigenvalue weighted by molar-refractivity contribution is 6.06. The molecular formula is C15H15N3O2. The number of amides is 1. The van der Waals surface area contributed by atoms with Gasteiger partial charge in [0.1, 0.15) is 0 Å². The minimum Gasteiger partial charge on any atom is -0.397 e. The third-order valence-electron chi connectivity index (χ3n) is 2.88. The Labute approximate surface area is 116 Å². The lowest BCUT2D eigenvalue weighted by atomic mass is 10.1. The zero-order chi connectivity index (χ0) is 14.7. The SMILES string of the molecule is CC(=O)c1cccc(NC(=O)c2cc(N)cnc2C)c1. The highest BCUT2D eigenvalue weighted by Crippen LogP contribution is 2.15. The molecule has 2 aromatic rings. The van der Waals surface area contributed by atoms with Gasteiger partial charge in [0.15, 0.2) is 5.78 Å². The molecule has 0 saturated carbocycles. The molecular weight excluding hydrogens is 254 g/mol. The molecule has 0 aliphatic heterocycles. The number of Topliss-reactive ketones (excluding diaryl/α,β-unsaturated/α-hetero) is 1. The van der Waals surface area contributed by atoms with E-state index >= 15 is 0 Å². The first-order valence-corrected chi connectivity index (χ1v) is 6.12. The summed E-state index contributed by atoms with van der Waals surface area (Å²) in [5, 5.41) is 2.73. The summed E-state index contributed by atoms with van der Waals surface area (Å²) in [5.41, 5.74) is 8.18. The van der Waals surface area contributed by atoms with E-state index in [4.69, 9.17) is 5.73 Å². The number of hydrogen-bond donors (Lipinski definition) is 2. The van der Waals surface area contributed by atoms with Gasteiger partial charge in [-0.2, -0.15) is 0 Å². The number of nitrogens with two attached hydrogens (primary N) is 1. The molecule has 102 valence electrons. The van der Waals surface area contributed by atoms with Gasteiger partial charge in [-0.25, -0.2) is 0 Å². The van der Waals surface area contributed by atoms with Gasteiger partial charge in [0.2, 0.25) is 0 Å². The van der Waals surface area contributed by atoms with E-state index in [1.807, 2.05) is 0 Å². The molecule has 5 heteroatoms. The smallest absolute Gasteiger partial charge is 0.257 e. The maximum Gasteiger partial charge on any atom is 0.257 e. The number of ketones is 1. The highest BCUT2D eigenvalue weighted by atomic mass is 16.1. The fourth-order valence-corrected chi connectivity index (χ4v) is 1.79. The molecule has 20 heavy (non-hydrogen) atoms. The number of nitrogens with one attached hydrogen (secondary N) is 1. The highest BCUT2D eigenvalue weighted by Gasteiger charge is 2.11. The van der Waals surface area contributed by atoms with Crippen molar-refractivity contribution in [1.82, 2.24) is 4.98 Å². The largest absolute Gasteiger partial charge is 0.397 e. The average Bonchev–Trinajstić information content (AvgIpc) is 2.41. The number of anilines is 2. The lowest BCUT2D eigenvalue weighted by Gasteiger charge is -2.08. The van der Waals surface area contributed by atoms with Crippen molar-refractivity contribution < 1.29 is 9.59 Å². The van der Waals surface area contributed by atoms with Gasteiger partial charge in [0, 0.05) is 11.3 Å². The van der Waals surface area contributed by atoms with Gasteiger partial charge < -0.3 is 11.1 Å². The molecule has 1 aromatic heterocycles. The predicted octanol–water partition coefficient (Wildman–Crippen LogP) is 2.43. The van der Waals surface area contributed by atoms with Crippen LogP contribution < -0.4 is 11.1 Å². The molecule has 0 bridgehead atoms. The molecule has 1 heterocycles. The lowest BCUT2D eigenvalue weighted by Crippen LogP contribution is -2.14. The van der Waals surface area contributed by atoms with Crippen LogP contribution in [0.4, 0.5) is 11.4 Å². The number of aromatic nitrogens is 1. The van der Waals surface area contributed by atoms with Crippen LogP contribution in [0.1, 0.15) is 33.3 Å². The summed E-state index contributed by atoms with van der Waals surface area (Å²) in [7, 11) is 0. The van der Waals surface area contributed by atoms with E-state index in [2.05, 4.69) is 10.3 Å². The van der Waals surface area contributed by atoms with E-state index in [0.717, 1.165) is 0 Å². The quantitative estimate of drug-likeness (QED) is 0.838. The Bertz CT molecular complexity index is 681. The van der Waals surface area contributed by atoms with E-state index in [-0.39, 0.29) is 11.7 Å². The number of pyridine rings is 1. The summed E-state index contributed by atoms with van der Waals surface area (Å²) >= 11 is 0. The first-order chi connectivity index (χ1) is 9.47. The van der Waals surface area contributed by atoms with Gasteiger partial charge >= 0.3 is 0 Å². The van der Waals surface area contributed by atoms with Crippen LogP contribution in [0, 0.1) is 6.92 Å². The number of carbonyl (C=O) groups is 2. The van der Waals surface area contributed by atoms with Crippen molar-refractivity contribution in [2.75, 3.05) is 11.1 Å². The summed E-state index contributed by atoms with van der Waals surface area (Å²) in [6.45, 7) is 3.22. The molecule has 0 radical (unpaired) electrons. The van der Waals surface area contributed by atoms with Gasteiger partial charge in [-0.3, -0.25) is 14.6 Å². The Hall–Kier alpha value is -2.69. The van der Waals surface area contributed by atoms with Crippen LogP contribution in [-0.2, 0) is 0 Å². The summed E-state index contributed by atoms with van der Waals surface area (Å²) < 4.78 is 0. The Morgan fingerprint density at radius 1 is 1.25 bits per heavy atom. The van der Waals surface area contributed by atoms with Gasteiger partial charge in [-0.15, -0.1) is 0 Å². The van der Waals surface area contributed by atoms with Crippen LogP contribution >= 0.6 is 0 Å². The Morgan fingerprint density at radius 2 is 2.00 bits per heavy atom. The lowest BCUT2D eigenvalue weighted by molar-refractivity contribution is 0.101. The summed E-state index contributed by atoms with van der Waals surface area (Å²) in [6, 6.07) is 8.35. The van der Waals surface area contributed by atoms with Crippen LogP contribution in [0.5, 0.6) is 0 Å². The maximum absolute atomic E-state index is 12.2. The van der Waals surface area contributed by atoms with Gasteiger partial charge in [-0.1, -0.05) is 12.1 Å². The Kier molecular flexibility index (Phi) is 3.79. The van der Waals surface area contributed by atoms with Crippen molar-refractivity contribution in [3.05, 3.63) is 53.3 Å². The maximum atomic E-state index is 12.2. The molecule has 0 spiro atoms. The van der Waals surface area contributed by atoms with Crippen molar-refractivity contribution in [2.24, 2.45) is 0 Å². The minimum atomic E-state index is -0.303. The second-order valence-corrected chi connectivity index (χ2v) is 4.49. The summed E-state index contributed by atoms with van der Waals surface area (Å²) in [4.78, 5) is 27.5. The number of nitrogen functional groups attached to an aromatic ring is 1. The van der Waals surface area contributed by atoms with Crippen LogP contribution in [0.2, 0.25) is 0 Å². The fraction of sp³-hybridized carbons (Fsp3) is 0.133. The molecule has 1 amide bonds. The van der Waals surface area contributed by atoms with Crippen molar-refractivity contribution in [3.8, 4) is 0 Å². The molecule has 0 atom stereocenters. The van der Waals surface area contributed by atoms with E-state index in [1.165, 1.54) is 13.1 Å². The second kappa shape index (κ2) is 5.52. The number of rotatable bonds is 3. The molecule has 1 aromatic carbocycles. The standard InChI is InChI=1S/C15H15N3O2/c1-9-14(7-12(16)8-17-9)15(20)18-13-5-3-4-11(6-13)10(2)19/h3-8H,16H2,1-2H3,(H,18,20). The van der Waals surface area contributed by atoms with Crippen molar-refractivity contribution in [1.29, 1.82) is 0 Å². The van der Waals surface area contributed by atoms with Crippen molar-refractivity contribution in [3.63, 3.8) is 0 Å². The number of benzene rings is 1. The molecule has 0 aliphatic carbocycles.